The predicted octanol–water partition coefficient (Wildman–Crippen LogP) is 2.50. The van der Waals surface area contributed by atoms with E-state index in [2.05, 4.69) is 9.46 Å². The molecule has 8 heteroatoms. The Labute approximate surface area is 164 Å². The van der Waals surface area contributed by atoms with E-state index in [1.807, 2.05) is 6.07 Å². The first-order valence-corrected chi connectivity index (χ1v) is 9.95. The van der Waals surface area contributed by atoms with Gasteiger partial charge in [-0.05, 0) is 36.3 Å². The number of rotatable bonds is 8. The zero-order valence-corrected chi connectivity index (χ0v) is 16.3. The van der Waals surface area contributed by atoms with Gasteiger partial charge in [-0.1, -0.05) is 42.5 Å². The lowest BCUT2D eigenvalue weighted by Gasteiger charge is -2.12. The van der Waals surface area contributed by atoms with Gasteiger partial charge in [0.1, 0.15) is 12.6 Å². The van der Waals surface area contributed by atoms with E-state index >= 15 is 0 Å². The molecule has 7 nitrogen and oxygen atoms in total. The number of hydrogen-bond donors (Lipinski definition) is 1. The molecule has 148 valence electrons. The van der Waals surface area contributed by atoms with Gasteiger partial charge in [0.15, 0.2) is 0 Å². The van der Waals surface area contributed by atoms with Crippen LogP contribution in [0.25, 0.3) is 6.08 Å². The van der Waals surface area contributed by atoms with Gasteiger partial charge in [-0.3, -0.25) is 4.79 Å². The number of methoxy groups -OCH3 is 1. The summed E-state index contributed by atoms with van der Waals surface area (Å²) in [4.78, 5) is 23.4. The zero-order chi connectivity index (χ0) is 20.6. The molecule has 2 aromatic rings. The molecule has 0 heterocycles. The highest BCUT2D eigenvalue weighted by atomic mass is 32.2. The van der Waals surface area contributed by atoms with E-state index in [9.17, 15) is 18.0 Å². The Morgan fingerprint density at radius 2 is 1.71 bits per heavy atom. The van der Waals surface area contributed by atoms with Crippen LogP contribution >= 0.6 is 0 Å². The number of carbonyl (C=O) groups excluding carboxylic acids is 2. The van der Waals surface area contributed by atoms with E-state index in [0.717, 1.165) is 11.0 Å². The third-order valence-electron chi connectivity index (χ3n) is 3.69. The summed E-state index contributed by atoms with van der Waals surface area (Å²) in [6.07, 6.45) is 1.43. The molecule has 0 unspecified atom stereocenters. The fourth-order valence-electron chi connectivity index (χ4n) is 2.20. The largest absolute Gasteiger partial charge is 0.465 e. The Balaban J connectivity index is 1.88. The van der Waals surface area contributed by atoms with Gasteiger partial charge >= 0.3 is 11.9 Å². The highest BCUT2D eigenvalue weighted by molar-refractivity contribution is 7.92. The molecule has 0 aliphatic heterocycles. The molecule has 1 atom stereocenters. The number of nitrogens with one attached hydrogen (secondary N) is 1. The number of ether oxygens (including phenoxy) is 2. The minimum absolute atomic E-state index is 0.0494. The van der Waals surface area contributed by atoms with Crippen molar-refractivity contribution in [2.75, 3.05) is 7.11 Å². The van der Waals surface area contributed by atoms with Crippen molar-refractivity contribution in [2.24, 2.45) is 0 Å². The van der Waals surface area contributed by atoms with Crippen molar-refractivity contribution in [2.45, 2.75) is 19.6 Å². The van der Waals surface area contributed by atoms with Crippen molar-refractivity contribution in [3.05, 3.63) is 76.7 Å². The maximum atomic E-state index is 12.1. The van der Waals surface area contributed by atoms with Crippen molar-refractivity contribution >= 4 is 28.0 Å². The minimum Gasteiger partial charge on any atom is -0.465 e. The van der Waals surface area contributed by atoms with Crippen molar-refractivity contribution in [3.8, 4) is 0 Å². The Bertz CT molecular complexity index is 936. The van der Waals surface area contributed by atoms with Gasteiger partial charge < -0.3 is 9.47 Å². The molecular weight excluding hydrogens is 382 g/mol. The summed E-state index contributed by atoms with van der Waals surface area (Å²) in [6.45, 7) is 1.35. The average molecular weight is 403 g/mol. The standard InChI is InChI=1S/C20H21NO6S/c1-15(21-28(24,25)13-12-16-6-4-3-5-7-16)19(22)27-14-17-8-10-18(11-9-17)20(23)26-2/h3-13,15,21H,14H2,1-2H3/b13-12+/t15-/m0/s1. The summed E-state index contributed by atoms with van der Waals surface area (Å²) >= 11 is 0. The molecule has 2 rings (SSSR count). The van der Waals surface area contributed by atoms with Crippen LogP contribution in [-0.2, 0) is 30.9 Å². The van der Waals surface area contributed by atoms with Crippen LogP contribution < -0.4 is 4.72 Å². The topological polar surface area (TPSA) is 98.8 Å². The maximum Gasteiger partial charge on any atom is 0.337 e. The number of sulfonamides is 1. The lowest BCUT2D eigenvalue weighted by Crippen LogP contribution is -2.38. The van der Waals surface area contributed by atoms with E-state index in [-0.39, 0.29) is 6.61 Å². The molecule has 0 spiro atoms. The van der Waals surface area contributed by atoms with Crippen LogP contribution in [0.3, 0.4) is 0 Å². The van der Waals surface area contributed by atoms with Crippen molar-refractivity contribution in [1.29, 1.82) is 0 Å². The number of carbonyl (C=O) groups is 2. The smallest absolute Gasteiger partial charge is 0.337 e. The SMILES string of the molecule is COC(=O)c1ccc(COC(=O)[C@H](C)NS(=O)(=O)/C=C/c2ccccc2)cc1. The molecule has 28 heavy (non-hydrogen) atoms. The molecule has 0 bridgehead atoms. The molecule has 0 aliphatic carbocycles. The van der Waals surface area contributed by atoms with E-state index in [1.54, 1.807) is 48.5 Å². The minimum atomic E-state index is -3.81. The number of esters is 2. The Hall–Kier alpha value is -2.97. The Kier molecular flexibility index (Phi) is 7.48. The third-order valence-corrected chi connectivity index (χ3v) is 4.87. The first kappa shape index (κ1) is 21.3. The summed E-state index contributed by atoms with van der Waals surface area (Å²) in [6, 6.07) is 14.2. The molecule has 2 aromatic carbocycles. The van der Waals surface area contributed by atoms with Gasteiger partial charge in [-0.25, -0.2) is 13.2 Å². The zero-order valence-electron chi connectivity index (χ0n) is 15.5. The van der Waals surface area contributed by atoms with Gasteiger partial charge in [-0.15, -0.1) is 0 Å². The van der Waals surface area contributed by atoms with Crippen LogP contribution in [0.15, 0.2) is 60.0 Å². The Morgan fingerprint density at radius 3 is 2.32 bits per heavy atom. The number of benzene rings is 2. The first-order valence-electron chi connectivity index (χ1n) is 8.40. The van der Waals surface area contributed by atoms with Crippen molar-refractivity contribution in [1.82, 2.24) is 4.72 Å². The molecule has 0 saturated heterocycles. The fraction of sp³-hybridized carbons (Fsp3) is 0.200. The lowest BCUT2D eigenvalue weighted by molar-refractivity contribution is -0.146. The fourth-order valence-corrected chi connectivity index (χ4v) is 3.20. The van der Waals surface area contributed by atoms with Crippen LogP contribution in [0.2, 0.25) is 0 Å². The number of hydrogen-bond acceptors (Lipinski definition) is 6. The van der Waals surface area contributed by atoms with E-state index < -0.39 is 28.0 Å². The van der Waals surface area contributed by atoms with E-state index in [1.165, 1.54) is 20.1 Å². The highest BCUT2D eigenvalue weighted by Gasteiger charge is 2.19. The van der Waals surface area contributed by atoms with Crippen LogP contribution in [0.1, 0.15) is 28.4 Å². The molecule has 0 fully saturated rings. The average Bonchev–Trinajstić information content (AvgIpc) is 2.70. The summed E-state index contributed by atoms with van der Waals surface area (Å²) in [5.74, 6) is -1.18. The second-order valence-corrected chi connectivity index (χ2v) is 7.49. The van der Waals surface area contributed by atoms with Gasteiger partial charge in [0.2, 0.25) is 10.0 Å². The first-order chi connectivity index (χ1) is 13.3. The maximum absolute atomic E-state index is 12.1. The molecule has 0 radical (unpaired) electrons. The van der Waals surface area contributed by atoms with Gasteiger partial charge in [0.05, 0.1) is 12.7 Å². The Morgan fingerprint density at radius 1 is 1.07 bits per heavy atom. The van der Waals surface area contributed by atoms with Crippen molar-refractivity contribution < 1.29 is 27.5 Å². The van der Waals surface area contributed by atoms with E-state index in [4.69, 9.17) is 4.74 Å². The summed E-state index contributed by atoms with van der Waals surface area (Å²) in [7, 11) is -2.52. The molecular formula is C20H21NO6S. The quantitative estimate of drug-likeness (QED) is 0.680. The van der Waals surface area contributed by atoms with Gasteiger partial charge in [0.25, 0.3) is 0 Å². The van der Waals surface area contributed by atoms with Crippen molar-refractivity contribution in [3.63, 3.8) is 0 Å². The monoisotopic (exact) mass is 403 g/mol. The molecule has 0 aliphatic rings. The summed E-state index contributed by atoms with van der Waals surface area (Å²) in [5, 5.41) is 0.998. The summed E-state index contributed by atoms with van der Waals surface area (Å²) in [5.41, 5.74) is 1.75. The van der Waals surface area contributed by atoms with Crippen LogP contribution in [-0.4, -0.2) is 33.5 Å². The van der Waals surface area contributed by atoms with Gasteiger partial charge in [-0.2, -0.15) is 4.72 Å². The predicted molar refractivity (Wildman–Crippen MR) is 105 cm³/mol. The molecule has 0 saturated carbocycles. The van der Waals surface area contributed by atoms with E-state index in [0.29, 0.717) is 11.1 Å². The van der Waals surface area contributed by atoms with Crippen LogP contribution in [0.5, 0.6) is 0 Å². The van der Waals surface area contributed by atoms with Crippen LogP contribution in [0.4, 0.5) is 0 Å². The summed E-state index contributed by atoms with van der Waals surface area (Å²) < 4.78 is 36.1. The lowest BCUT2D eigenvalue weighted by atomic mass is 10.1. The second-order valence-electron chi connectivity index (χ2n) is 5.89. The van der Waals surface area contributed by atoms with Crippen LogP contribution in [0, 0.1) is 0 Å². The molecule has 0 amide bonds. The second kappa shape index (κ2) is 9.82. The molecule has 1 N–H and O–H groups in total. The normalized spacial score (nSPS) is 12.5. The highest BCUT2D eigenvalue weighted by Crippen LogP contribution is 2.08. The third kappa shape index (κ3) is 6.64. The molecule has 0 aromatic heterocycles. The van der Waals surface area contributed by atoms with Gasteiger partial charge in [0, 0.05) is 5.41 Å².